The van der Waals surface area contributed by atoms with Crippen LogP contribution in [-0.4, -0.2) is 24.4 Å². The molecule has 0 spiro atoms. The monoisotopic (exact) mass is 206 g/mol. The van der Waals surface area contributed by atoms with Gasteiger partial charge in [0.1, 0.15) is 5.82 Å². The van der Waals surface area contributed by atoms with Crippen molar-refractivity contribution in [1.29, 1.82) is 0 Å². The van der Waals surface area contributed by atoms with Crippen molar-refractivity contribution in [1.82, 2.24) is 10.3 Å². The lowest BCUT2D eigenvalue weighted by atomic mass is 10.1. The van der Waals surface area contributed by atoms with Crippen molar-refractivity contribution < 1.29 is 9.18 Å². The van der Waals surface area contributed by atoms with Gasteiger partial charge in [-0.25, -0.2) is 4.39 Å². The van der Waals surface area contributed by atoms with Crippen LogP contribution in [0.15, 0.2) is 24.4 Å². The van der Waals surface area contributed by atoms with Crippen molar-refractivity contribution in [3.05, 3.63) is 35.8 Å². The van der Waals surface area contributed by atoms with Crippen LogP contribution in [0.3, 0.4) is 0 Å². The van der Waals surface area contributed by atoms with Crippen LogP contribution in [0.5, 0.6) is 0 Å². The number of para-hydroxylation sites is 1. The van der Waals surface area contributed by atoms with E-state index in [4.69, 9.17) is 0 Å². The maximum Gasteiger partial charge on any atom is 0.178 e. The number of carbonyl (C=O) groups excluding carboxylic acids is 1. The number of H-pyrrole nitrogens is 1. The van der Waals surface area contributed by atoms with E-state index in [1.165, 1.54) is 6.07 Å². The van der Waals surface area contributed by atoms with Gasteiger partial charge in [0.05, 0.1) is 12.1 Å². The van der Waals surface area contributed by atoms with E-state index in [2.05, 4.69) is 10.3 Å². The zero-order valence-corrected chi connectivity index (χ0v) is 8.30. The first-order chi connectivity index (χ1) is 7.24. The Bertz CT molecular complexity index is 504. The molecule has 0 saturated heterocycles. The predicted octanol–water partition coefficient (Wildman–Crippen LogP) is 1.71. The summed E-state index contributed by atoms with van der Waals surface area (Å²) in [5, 5.41) is 3.41. The van der Waals surface area contributed by atoms with Gasteiger partial charge >= 0.3 is 0 Å². The van der Waals surface area contributed by atoms with Crippen molar-refractivity contribution in [3.8, 4) is 0 Å². The van der Waals surface area contributed by atoms with Crippen molar-refractivity contribution in [2.75, 3.05) is 13.6 Å². The molecule has 1 aromatic carbocycles. The molecule has 0 unspecified atom stereocenters. The van der Waals surface area contributed by atoms with Crippen LogP contribution >= 0.6 is 0 Å². The highest BCUT2D eigenvalue weighted by molar-refractivity contribution is 6.08. The lowest BCUT2D eigenvalue weighted by Gasteiger charge is -1.97. The molecule has 0 aliphatic carbocycles. The normalized spacial score (nSPS) is 10.8. The van der Waals surface area contributed by atoms with Crippen molar-refractivity contribution in [3.63, 3.8) is 0 Å². The molecule has 2 N–H and O–H groups in total. The molecular weight excluding hydrogens is 195 g/mol. The molecule has 15 heavy (non-hydrogen) atoms. The highest BCUT2D eigenvalue weighted by atomic mass is 19.1. The van der Waals surface area contributed by atoms with Gasteiger partial charge in [-0.15, -0.1) is 0 Å². The summed E-state index contributed by atoms with van der Waals surface area (Å²) in [7, 11) is 1.70. The minimum Gasteiger partial charge on any atom is -0.358 e. The van der Waals surface area contributed by atoms with Gasteiger partial charge in [0, 0.05) is 17.1 Å². The van der Waals surface area contributed by atoms with Crippen molar-refractivity contribution >= 4 is 16.7 Å². The van der Waals surface area contributed by atoms with E-state index >= 15 is 0 Å². The molecule has 1 aromatic heterocycles. The van der Waals surface area contributed by atoms with Gasteiger partial charge in [-0.1, -0.05) is 12.1 Å². The summed E-state index contributed by atoms with van der Waals surface area (Å²) >= 11 is 0. The standard InChI is InChI=1S/C11H11FN2O/c1-13-6-10(15)8-5-14-11-7(8)3-2-4-9(11)12/h2-5,13-14H,6H2,1H3. The number of Topliss-reactive ketones (excluding diaryl/α,β-unsaturated/α-hetero) is 1. The summed E-state index contributed by atoms with van der Waals surface area (Å²) in [6.45, 7) is 0.253. The third-order valence-corrected chi connectivity index (χ3v) is 2.30. The first-order valence-corrected chi connectivity index (χ1v) is 4.67. The fraction of sp³-hybridized carbons (Fsp3) is 0.182. The summed E-state index contributed by atoms with van der Waals surface area (Å²) in [4.78, 5) is 14.4. The molecule has 0 aliphatic rings. The lowest BCUT2D eigenvalue weighted by Crippen LogP contribution is -2.18. The molecule has 0 saturated carbocycles. The average molecular weight is 206 g/mol. The van der Waals surface area contributed by atoms with Gasteiger partial charge in [-0.3, -0.25) is 4.79 Å². The highest BCUT2D eigenvalue weighted by Gasteiger charge is 2.12. The molecule has 78 valence electrons. The van der Waals surface area contributed by atoms with Gasteiger partial charge in [0.25, 0.3) is 0 Å². The van der Waals surface area contributed by atoms with Gasteiger partial charge in [-0.05, 0) is 13.1 Å². The summed E-state index contributed by atoms with van der Waals surface area (Å²) in [6.07, 6.45) is 1.55. The van der Waals surface area contributed by atoms with Crippen LogP contribution in [0.1, 0.15) is 10.4 Å². The first-order valence-electron chi connectivity index (χ1n) is 4.67. The molecule has 3 nitrogen and oxygen atoms in total. The second kappa shape index (κ2) is 3.82. The number of ketones is 1. The Morgan fingerprint density at radius 3 is 3.07 bits per heavy atom. The maximum absolute atomic E-state index is 13.3. The van der Waals surface area contributed by atoms with E-state index in [-0.39, 0.29) is 18.1 Å². The minimum atomic E-state index is -0.337. The van der Waals surface area contributed by atoms with Crippen molar-refractivity contribution in [2.45, 2.75) is 0 Å². The van der Waals surface area contributed by atoms with Gasteiger partial charge in [-0.2, -0.15) is 0 Å². The van der Waals surface area contributed by atoms with Crippen LogP contribution in [0.25, 0.3) is 10.9 Å². The Hall–Kier alpha value is -1.68. The number of aromatic nitrogens is 1. The van der Waals surface area contributed by atoms with Crippen LogP contribution in [0, 0.1) is 5.82 Å². The van der Waals surface area contributed by atoms with Crippen LogP contribution in [0.2, 0.25) is 0 Å². The van der Waals surface area contributed by atoms with Crippen molar-refractivity contribution in [2.24, 2.45) is 0 Å². The minimum absolute atomic E-state index is 0.0469. The number of carbonyl (C=O) groups is 1. The Balaban J connectivity index is 2.54. The summed E-state index contributed by atoms with van der Waals surface area (Å²) in [6, 6.07) is 4.70. The third-order valence-electron chi connectivity index (χ3n) is 2.30. The molecule has 0 fully saturated rings. The average Bonchev–Trinajstić information content (AvgIpc) is 2.63. The Morgan fingerprint density at radius 2 is 2.33 bits per heavy atom. The Morgan fingerprint density at radius 1 is 1.53 bits per heavy atom. The number of halogens is 1. The molecule has 0 atom stereocenters. The molecule has 0 bridgehead atoms. The fourth-order valence-corrected chi connectivity index (χ4v) is 1.60. The third kappa shape index (κ3) is 1.64. The largest absolute Gasteiger partial charge is 0.358 e. The summed E-state index contributed by atoms with van der Waals surface area (Å²) in [5.74, 6) is -0.384. The van der Waals surface area contributed by atoms with E-state index in [0.717, 1.165) is 0 Å². The van der Waals surface area contributed by atoms with Gasteiger partial charge in [0.2, 0.25) is 0 Å². The number of hydrogen-bond donors (Lipinski definition) is 2. The van der Waals surface area contributed by atoms with Crippen LogP contribution < -0.4 is 5.32 Å². The molecule has 0 aliphatic heterocycles. The topological polar surface area (TPSA) is 44.9 Å². The second-order valence-corrected chi connectivity index (χ2v) is 3.32. The number of hydrogen-bond acceptors (Lipinski definition) is 2. The SMILES string of the molecule is CNCC(=O)c1c[nH]c2c(F)cccc12. The molecule has 1 heterocycles. The lowest BCUT2D eigenvalue weighted by molar-refractivity contribution is 0.0995. The number of likely N-dealkylation sites (N-methyl/N-ethyl adjacent to an activating group) is 1. The van der Waals surface area contributed by atoms with E-state index in [0.29, 0.717) is 16.5 Å². The highest BCUT2D eigenvalue weighted by Crippen LogP contribution is 2.20. The van der Waals surface area contributed by atoms with E-state index in [1.807, 2.05) is 0 Å². The smallest absolute Gasteiger partial charge is 0.178 e. The fourth-order valence-electron chi connectivity index (χ4n) is 1.60. The van der Waals surface area contributed by atoms with Gasteiger partial charge in [0.15, 0.2) is 5.78 Å². The number of fused-ring (bicyclic) bond motifs is 1. The summed E-state index contributed by atoms with van der Waals surface area (Å²) in [5.41, 5.74) is 0.913. The molecule has 0 radical (unpaired) electrons. The number of nitrogens with one attached hydrogen (secondary N) is 2. The molecule has 4 heteroatoms. The zero-order chi connectivity index (χ0) is 10.8. The van der Waals surface area contributed by atoms with Crippen LogP contribution in [-0.2, 0) is 0 Å². The van der Waals surface area contributed by atoms with Crippen LogP contribution in [0.4, 0.5) is 4.39 Å². The summed E-state index contributed by atoms with van der Waals surface area (Å²) < 4.78 is 13.3. The van der Waals surface area contributed by atoms with E-state index < -0.39 is 0 Å². The quantitative estimate of drug-likeness (QED) is 0.751. The van der Waals surface area contributed by atoms with Gasteiger partial charge < -0.3 is 10.3 Å². The molecule has 2 aromatic rings. The number of benzene rings is 1. The van der Waals surface area contributed by atoms with E-state index in [9.17, 15) is 9.18 Å². The maximum atomic E-state index is 13.3. The molecular formula is C11H11FN2O. The Kier molecular flexibility index (Phi) is 2.51. The molecule has 2 rings (SSSR count). The Labute approximate surface area is 86.3 Å². The number of aromatic amines is 1. The number of rotatable bonds is 3. The zero-order valence-electron chi connectivity index (χ0n) is 8.30. The predicted molar refractivity (Wildman–Crippen MR) is 56.5 cm³/mol. The first kappa shape index (κ1) is 9.86. The molecule has 0 amide bonds. The van der Waals surface area contributed by atoms with E-state index in [1.54, 1.807) is 25.4 Å². The second-order valence-electron chi connectivity index (χ2n) is 3.32.